The lowest BCUT2D eigenvalue weighted by Crippen LogP contribution is -2.00. The first-order valence-corrected chi connectivity index (χ1v) is 7.54. The molecular formula is C19H21FO. The first-order valence-electron chi connectivity index (χ1n) is 7.54. The van der Waals surface area contributed by atoms with Crippen LogP contribution in [-0.2, 0) is 19.3 Å². The zero-order valence-corrected chi connectivity index (χ0v) is 12.9. The van der Waals surface area contributed by atoms with Gasteiger partial charge in [-0.15, -0.1) is 0 Å². The predicted molar refractivity (Wildman–Crippen MR) is 85.4 cm³/mol. The number of aldehydes is 1. The number of hydrogen-bond acceptors (Lipinski definition) is 1. The Labute approximate surface area is 125 Å². The molecule has 0 atom stereocenters. The fraction of sp³-hybridized carbons (Fsp3) is 0.316. The third-order valence-electron chi connectivity index (χ3n) is 3.94. The third kappa shape index (κ3) is 3.05. The maximum absolute atomic E-state index is 13.4. The van der Waals surface area contributed by atoms with E-state index in [9.17, 15) is 9.18 Å². The molecule has 0 saturated heterocycles. The lowest BCUT2D eigenvalue weighted by Gasteiger charge is -2.17. The largest absolute Gasteiger partial charge is 0.298 e. The van der Waals surface area contributed by atoms with E-state index in [1.165, 1.54) is 28.8 Å². The van der Waals surface area contributed by atoms with Crippen molar-refractivity contribution in [3.8, 4) is 11.1 Å². The molecule has 2 rings (SSSR count). The molecule has 1 nitrogen and oxygen atoms in total. The second kappa shape index (κ2) is 6.66. The van der Waals surface area contributed by atoms with Crippen molar-refractivity contribution in [1.29, 1.82) is 0 Å². The molecule has 21 heavy (non-hydrogen) atoms. The minimum absolute atomic E-state index is 0.373. The predicted octanol–water partition coefficient (Wildman–Crippen LogP) is 4.99. The number of benzene rings is 2. The van der Waals surface area contributed by atoms with Gasteiger partial charge < -0.3 is 0 Å². The van der Waals surface area contributed by atoms with Gasteiger partial charge in [-0.05, 0) is 59.2 Å². The van der Waals surface area contributed by atoms with E-state index in [-0.39, 0.29) is 5.82 Å². The summed E-state index contributed by atoms with van der Waals surface area (Å²) in [7, 11) is 0. The summed E-state index contributed by atoms with van der Waals surface area (Å²) in [5.41, 5.74) is 6.11. The summed E-state index contributed by atoms with van der Waals surface area (Å²) >= 11 is 0. The fourth-order valence-corrected chi connectivity index (χ4v) is 2.81. The maximum atomic E-state index is 13.4. The van der Waals surface area contributed by atoms with Crippen LogP contribution in [0.1, 0.15) is 47.8 Å². The molecule has 2 heteroatoms. The molecule has 0 amide bonds. The van der Waals surface area contributed by atoms with Crippen molar-refractivity contribution in [2.24, 2.45) is 0 Å². The molecule has 0 bridgehead atoms. The molecule has 2 aromatic carbocycles. The SMILES string of the molecule is CCc1cc(CC)c(-c2ccc(F)cc2C=O)c(CC)c1. The van der Waals surface area contributed by atoms with Crippen LogP contribution in [0, 0.1) is 5.82 Å². The summed E-state index contributed by atoms with van der Waals surface area (Å²) in [4.78, 5) is 11.3. The number of aryl methyl sites for hydroxylation is 3. The van der Waals surface area contributed by atoms with Gasteiger partial charge in [-0.2, -0.15) is 0 Å². The Morgan fingerprint density at radius 2 is 1.57 bits per heavy atom. The van der Waals surface area contributed by atoms with Gasteiger partial charge in [0.05, 0.1) is 0 Å². The lowest BCUT2D eigenvalue weighted by molar-refractivity contribution is 0.112. The first-order chi connectivity index (χ1) is 10.1. The summed E-state index contributed by atoms with van der Waals surface area (Å²) < 4.78 is 13.4. The smallest absolute Gasteiger partial charge is 0.150 e. The van der Waals surface area contributed by atoms with Crippen LogP contribution in [0.3, 0.4) is 0 Å². The second-order valence-electron chi connectivity index (χ2n) is 5.20. The normalized spacial score (nSPS) is 10.7. The molecule has 110 valence electrons. The Hall–Kier alpha value is -1.96. The quantitative estimate of drug-likeness (QED) is 0.707. The summed E-state index contributed by atoms with van der Waals surface area (Å²) in [5, 5.41) is 0. The summed E-state index contributed by atoms with van der Waals surface area (Å²) in [6, 6.07) is 8.86. The van der Waals surface area contributed by atoms with Crippen LogP contribution in [0.25, 0.3) is 11.1 Å². The molecule has 0 aliphatic carbocycles. The van der Waals surface area contributed by atoms with Gasteiger partial charge in [-0.3, -0.25) is 4.79 Å². The average molecular weight is 284 g/mol. The molecule has 0 unspecified atom stereocenters. The highest BCUT2D eigenvalue weighted by Gasteiger charge is 2.14. The van der Waals surface area contributed by atoms with Crippen molar-refractivity contribution >= 4 is 6.29 Å². The van der Waals surface area contributed by atoms with E-state index in [0.29, 0.717) is 5.56 Å². The summed E-state index contributed by atoms with van der Waals surface area (Å²) in [6.07, 6.45) is 3.52. The lowest BCUT2D eigenvalue weighted by atomic mass is 9.87. The molecule has 0 aliphatic heterocycles. The van der Waals surface area contributed by atoms with Gasteiger partial charge in [0.25, 0.3) is 0 Å². The van der Waals surface area contributed by atoms with Crippen LogP contribution in [0.15, 0.2) is 30.3 Å². The molecule has 0 fully saturated rings. The first kappa shape index (κ1) is 15.4. The summed E-state index contributed by atoms with van der Waals surface area (Å²) in [6.45, 7) is 6.37. The van der Waals surface area contributed by atoms with E-state index in [4.69, 9.17) is 0 Å². The molecular weight excluding hydrogens is 263 g/mol. The van der Waals surface area contributed by atoms with Gasteiger partial charge in [0.1, 0.15) is 5.82 Å². The second-order valence-corrected chi connectivity index (χ2v) is 5.20. The van der Waals surface area contributed by atoms with Crippen LogP contribution in [0.5, 0.6) is 0 Å². The molecule has 0 radical (unpaired) electrons. The van der Waals surface area contributed by atoms with Crippen molar-refractivity contribution in [2.45, 2.75) is 40.0 Å². The van der Waals surface area contributed by atoms with Gasteiger partial charge in [0.2, 0.25) is 0 Å². The standard InChI is InChI=1S/C19H21FO/c1-4-13-9-14(5-2)19(15(6-3)10-13)18-8-7-17(20)11-16(18)12-21/h7-12H,4-6H2,1-3H3. The summed E-state index contributed by atoms with van der Waals surface area (Å²) in [5.74, 6) is -0.373. The van der Waals surface area contributed by atoms with E-state index < -0.39 is 0 Å². The van der Waals surface area contributed by atoms with E-state index >= 15 is 0 Å². The van der Waals surface area contributed by atoms with Crippen LogP contribution in [-0.4, -0.2) is 6.29 Å². The molecule has 0 saturated carbocycles. The van der Waals surface area contributed by atoms with Gasteiger partial charge in [0, 0.05) is 5.56 Å². The van der Waals surface area contributed by atoms with Crippen LogP contribution in [0.4, 0.5) is 4.39 Å². The van der Waals surface area contributed by atoms with Gasteiger partial charge in [-0.25, -0.2) is 4.39 Å². The fourth-order valence-electron chi connectivity index (χ4n) is 2.81. The Bertz CT molecular complexity index is 634. The Kier molecular flexibility index (Phi) is 4.89. The van der Waals surface area contributed by atoms with Crippen LogP contribution in [0.2, 0.25) is 0 Å². The van der Waals surface area contributed by atoms with Crippen molar-refractivity contribution < 1.29 is 9.18 Å². The number of halogens is 1. The van der Waals surface area contributed by atoms with E-state index in [2.05, 4.69) is 32.9 Å². The Balaban J connectivity index is 2.76. The topological polar surface area (TPSA) is 17.1 Å². The highest BCUT2D eigenvalue weighted by Crippen LogP contribution is 2.32. The van der Waals surface area contributed by atoms with E-state index in [1.807, 2.05) is 0 Å². The number of rotatable bonds is 5. The van der Waals surface area contributed by atoms with Crippen molar-refractivity contribution in [1.82, 2.24) is 0 Å². The third-order valence-corrected chi connectivity index (χ3v) is 3.94. The highest BCUT2D eigenvalue weighted by atomic mass is 19.1. The maximum Gasteiger partial charge on any atom is 0.150 e. The zero-order chi connectivity index (χ0) is 15.4. The molecule has 0 aromatic heterocycles. The minimum atomic E-state index is -0.373. The van der Waals surface area contributed by atoms with E-state index in [1.54, 1.807) is 6.07 Å². The van der Waals surface area contributed by atoms with Crippen molar-refractivity contribution in [3.05, 3.63) is 58.4 Å². The molecule has 0 N–H and O–H groups in total. The molecule has 2 aromatic rings. The van der Waals surface area contributed by atoms with Crippen LogP contribution < -0.4 is 0 Å². The minimum Gasteiger partial charge on any atom is -0.298 e. The molecule has 0 heterocycles. The van der Waals surface area contributed by atoms with Gasteiger partial charge in [0.15, 0.2) is 6.29 Å². The number of carbonyl (C=O) groups excluding carboxylic acids is 1. The Morgan fingerprint density at radius 1 is 0.952 bits per heavy atom. The number of carbonyl (C=O) groups is 1. The van der Waals surface area contributed by atoms with Crippen molar-refractivity contribution in [3.63, 3.8) is 0 Å². The zero-order valence-electron chi connectivity index (χ0n) is 12.9. The monoisotopic (exact) mass is 284 g/mol. The molecule has 0 aliphatic rings. The van der Waals surface area contributed by atoms with E-state index in [0.717, 1.165) is 36.7 Å². The highest BCUT2D eigenvalue weighted by molar-refractivity contribution is 5.89. The number of hydrogen-bond donors (Lipinski definition) is 0. The van der Waals surface area contributed by atoms with Crippen molar-refractivity contribution in [2.75, 3.05) is 0 Å². The van der Waals surface area contributed by atoms with Gasteiger partial charge in [-0.1, -0.05) is 39.0 Å². The van der Waals surface area contributed by atoms with Crippen LogP contribution >= 0.6 is 0 Å². The Morgan fingerprint density at radius 3 is 2.05 bits per heavy atom. The van der Waals surface area contributed by atoms with Gasteiger partial charge >= 0.3 is 0 Å². The molecule has 0 spiro atoms. The average Bonchev–Trinajstić information content (AvgIpc) is 2.53.